The first-order chi connectivity index (χ1) is 11.3. The van der Waals surface area contributed by atoms with Crippen LogP contribution >= 0.6 is 27.5 Å². The number of halogens is 2. The standard InChI is InChI=1S/C17H15BrClN3O/c18-12-3-1-4-13(9-12)22-17-15-10-14(23-8-2-7-19)5-6-16(15)20-11-21-17/h1,3-6,9-11H,2,7-8H2,(H,20,21,22). The molecule has 6 heteroatoms. The highest BCUT2D eigenvalue weighted by atomic mass is 79.9. The number of alkyl halides is 1. The van der Waals surface area contributed by atoms with Crippen LogP contribution in [0.3, 0.4) is 0 Å². The molecule has 0 amide bonds. The highest BCUT2D eigenvalue weighted by Crippen LogP contribution is 2.27. The zero-order valence-electron chi connectivity index (χ0n) is 12.3. The Balaban J connectivity index is 1.91. The molecule has 1 heterocycles. The summed E-state index contributed by atoms with van der Waals surface area (Å²) in [5, 5.41) is 4.24. The SMILES string of the molecule is ClCCCOc1ccc2ncnc(Nc3cccc(Br)c3)c2c1. The fraction of sp³-hybridized carbons (Fsp3) is 0.176. The van der Waals surface area contributed by atoms with E-state index in [9.17, 15) is 0 Å². The summed E-state index contributed by atoms with van der Waals surface area (Å²) in [6, 6.07) is 13.7. The number of hydrogen-bond donors (Lipinski definition) is 1. The third-order valence-corrected chi connectivity index (χ3v) is 4.00. The van der Waals surface area contributed by atoms with Gasteiger partial charge in [0.1, 0.15) is 17.9 Å². The van der Waals surface area contributed by atoms with Crippen molar-refractivity contribution in [2.75, 3.05) is 17.8 Å². The smallest absolute Gasteiger partial charge is 0.141 e. The summed E-state index contributed by atoms with van der Waals surface area (Å²) in [6.45, 7) is 0.594. The first kappa shape index (κ1) is 16.0. The van der Waals surface area contributed by atoms with Gasteiger partial charge >= 0.3 is 0 Å². The molecule has 0 aliphatic rings. The zero-order valence-corrected chi connectivity index (χ0v) is 14.6. The van der Waals surface area contributed by atoms with Gasteiger partial charge in [-0.25, -0.2) is 9.97 Å². The summed E-state index contributed by atoms with van der Waals surface area (Å²) in [5.41, 5.74) is 1.81. The first-order valence-corrected chi connectivity index (χ1v) is 8.55. The number of nitrogens with one attached hydrogen (secondary N) is 1. The van der Waals surface area contributed by atoms with E-state index in [2.05, 4.69) is 31.2 Å². The van der Waals surface area contributed by atoms with Crippen molar-refractivity contribution in [3.05, 3.63) is 53.3 Å². The Morgan fingerprint density at radius 3 is 2.87 bits per heavy atom. The van der Waals surface area contributed by atoms with Crippen LogP contribution in [0.15, 0.2) is 53.3 Å². The fourth-order valence-electron chi connectivity index (χ4n) is 2.17. The molecule has 0 aliphatic carbocycles. The maximum atomic E-state index is 5.70. The Labute approximate surface area is 148 Å². The van der Waals surface area contributed by atoms with Crippen molar-refractivity contribution in [1.82, 2.24) is 9.97 Å². The summed E-state index contributed by atoms with van der Waals surface area (Å²) in [7, 11) is 0. The van der Waals surface area contributed by atoms with Crippen LogP contribution in [0.1, 0.15) is 6.42 Å². The van der Waals surface area contributed by atoms with Gasteiger partial charge in [0, 0.05) is 21.4 Å². The van der Waals surface area contributed by atoms with Gasteiger partial charge < -0.3 is 10.1 Å². The third-order valence-electron chi connectivity index (χ3n) is 3.24. The molecule has 0 saturated carbocycles. The molecule has 2 aromatic carbocycles. The van der Waals surface area contributed by atoms with E-state index in [0.717, 1.165) is 39.1 Å². The number of nitrogens with zero attached hydrogens (tertiary/aromatic N) is 2. The van der Waals surface area contributed by atoms with Crippen LogP contribution in [0.5, 0.6) is 5.75 Å². The van der Waals surface area contributed by atoms with Gasteiger partial charge in [-0.15, -0.1) is 11.6 Å². The molecule has 3 aromatic rings. The van der Waals surface area contributed by atoms with Crippen LogP contribution in [0, 0.1) is 0 Å². The van der Waals surface area contributed by atoms with E-state index in [1.54, 1.807) is 6.33 Å². The number of benzene rings is 2. The predicted octanol–water partition coefficient (Wildman–Crippen LogP) is 5.14. The van der Waals surface area contributed by atoms with E-state index in [0.29, 0.717) is 12.5 Å². The van der Waals surface area contributed by atoms with Crippen molar-refractivity contribution in [3.8, 4) is 5.75 Å². The maximum Gasteiger partial charge on any atom is 0.141 e. The molecule has 0 unspecified atom stereocenters. The lowest BCUT2D eigenvalue weighted by Crippen LogP contribution is -1.99. The molecule has 0 fully saturated rings. The lowest BCUT2D eigenvalue weighted by atomic mass is 10.2. The van der Waals surface area contributed by atoms with Gasteiger partial charge in [-0.1, -0.05) is 22.0 Å². The Morgan fingerprint density at radius 2 is 2.04 bits per heavy atom. The third kappa shape index (κ3) is 4.12. The van der Waals surface area contributed by atoms with Crippen molar-refractivity contribution < 1.29 is 4.74 Å². The number of anilines is 2. The topological polar surface area (TPSA) is 47.0 Å². The second kappa shape index (κ2) is 7.62. The van der Waals surface area contributed by atoms with Gasteiger partial charge in [-0.2, -0.15) is 0 Å². The van der Waals surface area contributed by atoms with Crippen LogP contribution in [0.25, 0.3) is 10.9 Å². The molecule has 1 N–H and O–H groups in total. The Bertz CT molecular complexity index is 813. The molecule has 0 radical (unpaired) electrons. The zero-order chi connectivity index (χ0) is 16.1. The fourth-order valence-corrected chi connectivity index (χ4v) is 2.68. The van der Waals surface area contributed by atoms with Gasteiger partial charge in [0.05, 0.1) is 12.1 Å². The minimum absolute atomic E-state index is 0.590. The lowest BCUT2D eigenvalue weighted by molar-refractivity contribution is 0.319. The van der Waals surface area contributed by atoms with Crippen molar-refractivity contribution in [2.24, 2.45) is 0 Å². The van der Waals surface area contributed by atoms with Gasteiger partial charge in [-0.3, -0.25) is 0 Å². The van der Waals surface area contributed by atoms with Crippen molar-refractivity contribution in [1.29, 1.82) is 0 Å². The lowest BCUT2D eigenvalue weighted by Gasteiger charge is -2.10. The van der Waals surface area contributed by atoms with Crippen LogP contribution < -0.4 is 10.1 Å². The molecule has 0 spiro atoms. The number of rotatable bonds is 6. The summed E-state index contributed by atoms with van der Waals surface area (Å²) in [4.78, 5) is 8.66. The van der Waals surface area contributed by atoms with Crippen LogP contribution in [-0.4, -0.2) is 22.5 Å². The average molecular weight is 393 g/mol. The minimum atomic E-state index is 0.590. The van der Waals surface area contributed by atoms with Gasteiger partial charge in [0.25, 0.3) is 0 Å². The van der Waals surface area contributed by atoms with Crippen molar-refractivity contribution in [2.45, 2.75) is 6.42 Å². The molecular weight excluding hydrogens is 378 g/mol. The highest BCUT2D eigenvalue weighted by molar-refractivity contribution is 9.10. The number of fused-ring (bicyclic) bond motifs is 1. The van der Waals surface area contributed by atoms with E-state index >= 15 is 0 Å². The van der Waals surface area contributed by atoms with E-state index in [1.165, 1.54) is 0 Å². The number of ether oxygens (including phenoxy) is 1. The van der Waals surface area contributed by atoms with Crippen molar-refractivity contribution in [3.63, 3.8) is 0 Å². The van der Waals surface area contributed by atoms with Gasteiger partial charge in [-0.05, 0) is 42.8 Å². The summed E-state index contributed by atoms with van der Waals surface area (Å²) in [6.07, 6.45) is 2.37. The number of aromatic nitrogens is 2. The maximum absolute atomic E-state index is 5.70. The molecular formula is C17H15BrClN3O. The normalized spacial score (nSPS) is 10.7. The van der Waals surface area contributed by atoms with E-state index < -0.39 is 0 Å². The Morgan fingerprint density at radius 1 is 1.13 bits per heavy atom. The van der Waals surface area contributed by atoms with Crippen LogP contribution in [0.2, 0.25) is 0 Å². The van der Waals surface area contributed by atoms with Crippen molar-refractivity contribution >= 4 is 49.9 Å². The molecule has 23 heavy (non-hydrogen) atoms. The molecule has 1 aromatic heterocycles. The average Bonchev–Trinajstić information content (AvgIpc) is 2.56. The molecule has 0 saturated heterocycles. The second-order valence-electron chi connectivity index (χ2n) is 4.93. The first-order valence-electron chi connectivity index (χ1n) is 7.22. The quantitative estimate of drug-likeness (QED) is 0.466. The highest BCUT2D eigenvalue weighted by Gasteiger charge is 2.06. The Kier molecular flexibility index (Phi) is 5.31. The minimum Gasteiger partial charge on any atom is -0.494 e. The Hall–Kier alpha value is -1.85. The molecule has 0 bridgehead atoms. The molecule has 0 aliphatic heterocycles. The van der Waals surface area contributed by atoms with Gasteiger partial charge in [0.15, 0.2) is 0 Å². The monoisotopic (exact) mass is 391 g/mol. The van der Waals surface area contributed by atoms with Crippen LogP contribution in [0.4, 0.5) is 11.5 Å². The van der Waals surface area contributed by atoms with E-state index in [1.807, 2.05) is 42.5 Å². The second-order valence-corrected chi connectivity index (χ2v) is 6.22. The van der Waals surface area contributed by atoms with Gasteiger partial charge in [0.2, 0.25) is 0 Å². The predicted molar refractivity (Wildman–Crippen MR) is 97.8 cm³/mol. The molecule has 4 nitrogen and oxygen atoms in total. The van der Waals surface area contributed by atoms with E-state index in [-0.39, 0.29) is 0 Å². The van der Waals surface area contributed by atoms with Crippen LogP contribution in [-0.2, 0) is 0 Å². The molecule has 3 rings (SSSR count). The summed E-state index contributed by atoms with van der Waals surface area (Å²) in [5.74, 6) is 2.12. The number of hydrogen-bond acceptors (Lipinski definition) is 4. The molecule has 0 atom stereocenters. The largest absolute Gasteiger partial charge is 0.494 e. The summed E-state index contributed by atoms with van der Waals surface area (Å²) < 4.78 is 6.71. The van der Waals surface area contributed by atoms with E-state index in [4.69, 9.17) is 16.3 Å². The summed E-state index contributed by atoms with van der Waals surface area (Å²) >= 11 is 9.15. The molecule has 118 valence electrons.